The van der Waals surface area contributed by atoms with Gasteiger partial charge in [0.2, 0.25) is 5.91 Å². The number of furan rings is 1. The minimum atomic E-state index is -0.422. The molecule has 2 amide bonds. The monoisotopic (exact) mass is 357 g/mol. The van der Waals surface area contributed by atoms with Crippen LogP contribution in [0.3, 0.4) is 0 Å². The lowest BCUT2D eigenvalue weighted by atomic mass is 10.0. The van der Waals surface area contributed by atoms with Crippen molar-refractivity contribution in [1.82, 2.24) is 10.2 Å². The normalized spacial score (nSPS) is 16.6. The zero-order valence-corrected chi connectivity index (χ0v) is 15.4. The first-order valence-corrected chi connectivity index (χ1v) is 8.27. The topological polar surface area (TPSA) is 88.6 Å². The fourth-order valence-electron chi connectivity index (χ4n) is 2.97. The Hall–Kier alpha value is -1.53. The van der Waals surface area contributed by atoms with Gasteiger partial charge in [0.25, 0.3) is 5.91 Å². The lowest BCUT2D eigenvalue weighted by Gasteiger charge is -2.34. The molecule has 0 saturated carbocycles. The highest BCUT2D eigenvalue weighted by Gasteiger charge is 2.27. The number of nitrogens with two attached hydrogens (primary N) is 1. The molecule has 7 heteroatoms. The van der Waals surface area contributed by atoms with Crippen molar-refractivity contribution >= 4 is 24.2 Å². The highest BCUT2D eigenvalue weighted by molar-refractivity contribution is 5.95. The first kappa shape index (κ1) is 20.5. The van der Waals surface area contributed by atoms with Crippen LogP contribution in [0.15, 0.2) is 16.7 Å². The molecule has 1 saturated heterocycles. The third-order valence-electron chi connectivity index (χ3n) is 4.29. The molecule has 3 N–H and O–H groups in total. The molecule has 1 atom stereocenters. The van der Waals surface area contributed by atoms with Crippen LogP contribution in [0.1, 0.15) is 49.2 Å². The van der Waals surface area contributed by atoms with Crippen LogP contribution in [-0.4, -0.2) is 41.9 Å². The van der Waals surface area contributed by atoms with E-state index in [2.05, 4.69) is 19.2 Å². The summed E-state index contributed by atoms with van der Waals surface area (Å²) in [5.41, 5.74) is 6.55. The summed E-state index contributed by atoms with van der Waals surface area (Å²) in [5, 5.41) is 3.01. The van der Waals surface area contributed by atoms with Gasteiger partial charge in [-0.3, -0.25) is 9.59 Å². The molecular formula is C17H28ClN3O3. The average molecular weight is 358 g/mol. The Kier molecular flexibility index (Phi) is 7.76. The van der Waals surface area contributed by atoms with Gasteiger partial charge < -0.3 is 20.4 Å². The molecule has 0 aromatic carbocycles. The van der Waals surface area contributed by atoms with Gasteiger partial charge in [-0.1, -0.05) is 13.8 Å². The van der Waals surface area contributed by atoms with Gasteiger partial charge >= 0.3 is 0 Å². The van der Waals surface area contributed by atoms with Crippen molar-refractivity contribution < 1.29 is 14.0 Å². The Morgan fingerprint density at radius 1 is 1.38 bits per heavy atom. The molecule has 0 bridgehead atoms. The number of nitrogens with one attached hydrogen (secondary N) is 1. The third-order valence-corrected chi connectivity index (χ3v) is 4.29. The van der Waals surface area contributed by atoms with Gasteiger partial charge in [0.1, 0.15) is 5.76 Å². The van der Waals surface area contributed by atoms with E-state index in [9.17, 15) is 9.59 Å². The maximum absolute atomic E-state index is 12.3. The molecule has 0 radical (unpaired) electrons. The SMILES string of the molecule is Cc1occc1C(=O)NC1CCN(C(=O)[C@@H](N)CC(C)C)CC1.Cl. The standard InChI is InChI=1S/C17H27N3O3.ClH/c1-11(2)10-15(18)17(22)20-7-4-13(5-8-20)19-16(21)14-6-9-23-12(14)3;/h6,9,11,13,15H,4-5,7-8,10,18H2,1-3H3,(H,19,21);1H/t15-;/m0./s1. The minimum absolute atomic E-state index is 0. The summed E-state index contributed by atoms with van der Waals surface area (Å²) in [4.78, 5) is 26.3. The van der Waals surface area contributed by atoms with Crippen molar-refractivity contribution in [1.29, 1.82) is 0 Å². The maximum atomic E-state index is 12.3. The van der Waals surface area contributed by atoms with Crippen LogP contribution in [0.4, 0.5) is 0 Å². The zero-order chi connectivity index (χ0) is 17.0. The summed E-state index contributed by atoms with van der Waals surface area (Å²) in [5.74, 6) is 0.936. The Labute approximate surface area is 149 Å². The third kappa shape index (κ3) is 5.24. The van der Waals surface area contributed by atoms with Crippen molar-refractivity contribution in [3.8, 4) is 0 Å². The van der Waals surface area contributed by atoms with E-state index in [1.54, 1.807) is 13.0 Å². The van der Waals surface area contributed by atoms with E-state index in [0.717, 1.165) is 12.8 Å². The van der Waals surface area contributed by atoms with E-state index >= 15 is 0 Å². The summed E-state index contributed by atoms with van der Waals surface area (Å²) < 4.78 is 5.15. The van der Waals surface area contributed by atoms with Crippen molar-refractivity contribution in [3.05, 3.63) is 23.7 Å². The number of hydrogen-bond donors (Lipinski definition) is 2. The van der Waals surface area contributed by atoms with Gasteiger partial charge in [0.15, 0.2) is 0 Å². The summed E-state index contributed by atoms with van der Waals surface area (Å²) in [6.45, 7) is 7.17. The van der Waals surface area contributed by atoms with E-state index in [4.69, 9.17) is 10.2 Å². The molecule has 0 aliphatic carbocycles. The van der Waals surface area contributed by atoms with Gasteiger partial charge in [0.05, 0.1) is 17.9 Å². The van der Waals surface area contributed by atoms with Crippen LogP contribution in [0, 0.1) is 12.8 Å². The molecule has 1 aromatic rings. The summed E-state index contributed by atoms with van der Waals surface area (Å²) in [6.07, 6.45) is 3.72. The summed E-state index contributed by atoms with van der Waals surface area (Å²) in [6, 6.07) is 1.34. The molecule has 2 heterocycles. The molecule has 2 rings (SSSR count). The number of aryl methyl sites for hydroxylation is 1. The smallest absolute Gasteiger partial charge is 0.255 e. The number of halogens is 1. The predicted molar refractivity (Wildman–Crippen MR) is 95.2 cm³/mol. The molecule has 136 valence electrons. The molecule has 0 unspecified atom stereocenters. The molecular weight excluding hydrogens is 330 g/mol. The second-order valence-corrected chi connectivity index (χ2v) is 6.70. The minimum Gasteiger partial charge on any atom is -0.469 e. The van der Waals surface area contributed by atoms with Crippen LogP contribution >= 0.6 is 12.4 Å². The van der Waals surface area contributed by atoms with Crippen LogP contribution in [0.5, 0.6) is 0 Å². The largest absolute Gasteiger partial charge is 0.469 e. The van der Waals surface area contributed by atoms with E-state index in [0.29, 0.717) is 36.8 Å². The maximum Gasteiger partial charge on any atom is 0.255 e. The first-order valence-electron chi connectivity index (χ1n) is 8.27. The number of rotatable bonds is 5. The highest BCUT2D eigenvalue weighted by Crippen LogP contribution is 2.15. The van der Waals surface area contributed by atoms with Gasteiger partial charge in [0, 0.05) is 19.1 Å². The average Bonchev–Trinajstić information content (AvgIpc) is 2.93. The molecule has 1 fully saturated rings. The van der Waals surface area contributed by atoms with E-state index < -0.39 is 6.04 Å². The quantitative estimate of drug-likeness (QED) is 0.844. The van der Waals surface area contributed by atoms with Gasteiger partial charge in [-0.05, 0) is 38.2 Å². The summed E-state index contributed by atoms with van der Waals surface area (Å²) >= 11 is 0. The zero-order valence-electron chi connectivity index (χ0n) is 14.6. The number of nitrogens with zero attached hydrogens (tertiary/aromatic N) is 1. The second kappa shape index (κ2) is 9.08. The van der Waals surface area contributed by atoms with E-state index in [1.165, 1.54) is 6.26 Å². The number of carbonyl (C=O) groups is 2. The molecule has 6 nitrogen and oxygen atoms in total. The number of amides is 2. The summed E-state index contributed by atoms with van der Waals surface area (Å²) in [7, 11) is 0. The van der Waals surface area contributed by atoms with Crippen molar-refractivity contribution in [2.45, 2.75) is 52.1 Å². The van der Waals surface area contributed by atoms with E-state index in [-0.39, 0.29) is 30.3 Å². The van der Waals surface area contributed by atoms with Crippen LogP contribution < -0.4 is 11.1 Å². The van der Waals surface area contributed by atoms with Crippen molar-refractivity contribution in [3.63, 3.8) is 0 Å². The Morgan fingerprint density at radius 3 is 2.50 bits per heavy atom. The lowest BCUT2D eigenvalue weighted by molar-refractivity contribution is -0.134. The molecule has 24 heavy (non-hydrogen) atoms. The fraction of sp³-hybridized carbons (Fsp3) is 0.647. The van der Waals surface area contributed by atoms with Crippen molar-refractivity contribution in [2.24, 2.45) is 11.7 Å². The lowest BCUT2D eigenvalue weighted by Crippen LogP contribution is -2.51. The number of likely N-dealkylation sites (tertiary alicyclic amines) is 1. The Morgan fingerprint density at radius 2 is 2.00 bits per heavy atom. The Bertz CT molecular complexity index is 551. The number of piperidine rings is 1. The van der Waals surface area contributed by atoms with Gasteiger partial charge in [-0.15, -0.1) is 12.4 Å². The van der Waals surface area contributed by atoms with Crippen LogP contribution in [-0.2, 0) is 4.79 Å². The van der Waals surface area contributed by atoms with Crippen LogP contribution in [0.25, 0.3) is 0 Å². The fourth-order valence-corrected chi connectivity index (χ4v) is 2.97. The number of hydrogen-bond acceptors (Lipinski definition) is 4. The molecule has 1 aliphatic rings. The Balaban J connectivity index is 0.00000288. The first-order chi connectivity index (χ1) is 10.9. The highest BCUT2D eigenvalue weighted by atomic mass is 35.5. The molecule has 1 aromatic heterocycles. The second-order valence-electron chi connectivity index (χ2n) is 6.70. The van der Waals surface area contributed by atoms with E-state index in [1.807, 2.05) is 4.90 Å². The number of carbonyl (C=O) groups excluding carboxylic acids is 2. The molecule has 1 aliphatic heterocycles. The van der Waals surface area contributed by atoms with Crippen LogP contribution in [0.2, 0.25) is 0 Å². The predicted octanol–water partition coefficient (Wildman–Crippen LogP) is 2.10. The van der Waals surface area contributed by atoms with Crippen molar-refractivity contribution in [2.75, 3.05) is 13.1 Å². The van der Waals surface area contributed by atoms with Gasteiger partial charge in [-0.2, -0.15) is 0 Å². The van der Waals surface area contributed by atoms with Gasteiger partial charge in [-0.25, -0.2) is 0 Å². The molecule has 0 spiro atoms.